The topological polar surface area (TPSA) is 37.8 Å². The van der Waals surface area contributed by atoms with Gasteiger partial charge in [0, 0.05) is 17.4 Å². The minimum Gasteiger partial charge on any atom is -0.312 e. The molecule has 2 aromatic rings. The molecule has 0 radical (unpaired) electrons. The van der Waals surface area contributed by atoms with E-state index in [-0.39, 0.29) is 5.69 Å². The van der Waals surface area contributed by atoms with Crippen LogP contribution in [0.3, 0.4) is 0 Å². The van der Waals surface area contributed by atoms with E-state index in [4.69, 9.17) is 11.6 Å². The van der Waals surface area contributed by atoms with Crippen LogP contribution in [0.25, 0.3) is 5.69 Å². The molecule has 0 atom stereocenters. The summed E-state index contributed by atoms with van der Waals surface area (Å²) in [5.74, 6) is 0. The number of hydrogen-bond donors (Lipinski definition) is 1. The maximum Gasteiger partial charge on any atom is 0.330 e. The third-order valence-corrected chi connectivity index (χ3v) is 2.49. The Hall–Kier alpha value is -1.48. The van der Waals surface area contributed by atoms with Gasteiger partial charge in [-0.15, -0.1) is 0 Å². The van der Waals surface area contributed by atoms with Crippen LogP contribution in [0.5, 0.6) is 0 Å². The zero-order valence-corrected chi connectivity index (χ0v) is 8.38. The van der Waals surface area contributed by atoms with Gasteiger partial charge in [0.2, 0.25) is 0 Å². The molecule has 0 aliphatic rings. The lowest BCUT2D eigenvalue weighted by Crippen LogP contribution is -2.13. The van der Waals surface area contributed by atoms with Gasteiger partial charge in [0.15, 0.2) is 0 Å². The van der Waals surface area contributed by atoms with Crippen molar-refractivity contribution in [2.24, 2.45) is 0 Å². The van der Waals surface area contributed by atoms with Crippen LogP contribution in [0.2, 0.25) is 5.02 Å². The fourth-order valence-corrected chi connectivity index (χ4v) is 1.42. The highest BCUT2D eigenvalue weighted by molar-refractivity contribution is 6.31. The normalized spacial score (nSPS) is 10.4. The van der Waals surface area contributed by atoms with E-state index in [9.17, 15) is 4.79 Å². The number of hydrogen-bond acceptors (Lipinski definition) is 1. The van der Waals surface area contributed by atoms with Crippen molar-refractivity contribution >= 4 is 11.6 Å². The first-order chi connectivity index (χ1) is 6.68. The van der Waals surface area contributed by atoms with Crippen LogP contribution >= 0.6 is 11.6 Å². The van der Waals surface area contributed by atoms with Crippen LogP contribution in [0, 0.1) is 6.92 Å². The lowest BCUT2D eigenvalue weighted by atomic mass is 10.2. The van der Waals surface area contributed by atoms with Crippen LogP contribution in [0.1, 0.15) is 5.56 Å². The molecule has 72 valence electrons. The van der Waals surface area contributed by atoms with Crippen LogP contribution in [0.4, 0.5) is 0 Å². The second-order valence-electron chi connectivity index (χ2n) is 3.07. The van der Waals surface area contributed by atoms with Crippen LogP contribution < -0.4 is 5.69 Å². The first kappa shape index (κ1) is 9.09. The SMILES string of the molecule is Cc1cc(-n2cc[nH]c2=O)ccc1Cl. The van der Waals surface area contributed by atoms with Crippen molar-refractivity contribution in [2.45, 2.75) is 6.92 Å². The summed E-state index contributed by atoms with van der Waals surface area (Å²) in [6.07, 6.45) is 3.29. The molecule has 1 heterocycles. The Balaban J connectivity index is 2.59. The number of rotatable bonds is 1. The molecule has 0 aliphatic carbocycles. The lowest BCUT2D eigenvalue weighted by molar-refractivity contribution is 0.985. The standard InChI is InChI=1S/C10H9ClN2O/c1-7-6-8(2-3-9(7)11)13-5-4-12-10(13)14/h2-6H,1H3,(H,12,14). The molecule has 0 unspecified atom stereocenters. The Morgan fingerprint density at radius 1 is 1.43 bits per heavy atom. The van der Waals surface area contributed by atoms with Gasteiger partial charge >= 0.3 is 5.69 Å². The van der Waals surface area contributed by atoms with Crippen molar-refractivity contribution in [2.75, 3.05) is 0 Å². The molecular weight excluding hydrogens is 200 g/mol. The molecule has 14 heavy (non-hydrogen) atoms. The van der Waals surface area contributed by atoms with E-state index < -0.39 is 0 Å². The Morgan fingerprint density at radius 3 is 2.79 bits per heavy atom. The van der Waals surface area contributed by atoms with E-state index in [1.54, 1.807) is 18.5 Å². The van der Waals surface area contributed by atoms with E-state index in [2.05, 4.69) is 4.98 Å². The van der Waals surface area contributed by atoms with Gasteiger partial charge in [-0.1, -0.05) is 11.6 Å². The Labute approximate surface area is 86.0 Å². The summed E-state index contributed by atoms with van der Waals surface area (Å²) in [6, 6.07) is 5.47. The summed E-state index contributed by atoms with van der Waals surface area (Å²) in [5.41, 5.74) is 1.63. The molecule has 3 nitrogen and oxygen atoms in total. The van der Waals surface area contributed by atoms with Crippen molar-refractivity contribution in [3.8, 4) is 5.69 Å². The first-order valence-corrected chi connectivity index (χ1v) is 4.59. The van der Waals surface area contributed by atoms with E-state index in [1.165, 1.54) is 4.57 Å². The number of nitrogens with zero attached hydrogens (tertiary/aromatic N) is 1. The van der Waals surface area contributed by atoms with E-state index >= 15 is 0 Å². The van der Waals surface area contributed by atoms with E-state index in [1.807, 2.05) is 19.1 Å². The molecule has 4 heteroatoms. The second-order valence-corrected chi connectivity index (χ2v) is 3.48. The van der Waals surface area contributed by atoms with Gasteiger partial charge < -0.3 is 4.98 Å². The average molecular weight is 209 g/mol. The highest BCUT2D eigenvalue weighted by atomic mass is 35.5. The van der Waals surface area contributed by atoms with Crippen molar-refractivity contribution in [3.05, 3.63) is 51.7 Å². The molecule has 2 rings (SSSR count). The number of H-pyrrole nitrogens is 1. The molecule has 0 saturated carbocycles. The van der Waals surface area contributed by atoms with Gasteiger partial charge in [0.1, 0.15) is 0 Å². The zero-order valence-electron chi connectivity index (χ0n) is 7.62. The largest absolute Gasteiger partial charge is 0.330 e. The number of nitrogens with one attached hydrogen (secondary N) is 1. The second kappa shape index (κ2) is 3.35. The van der Waals surface area contributed by atoms with Gasteiger partial charge in [0.25, 0.3) is 0 Å². The fraction of sp³-hybridized carbons (Fsp3) is 0.100. The summed E-state index contributed by atoms with van der Waals surface area (Å²) in [7, 11) is 0. The van der Waals surface area contributed by atoms with Crippen molar-refractivity contribution in [1.82, 2.24) is 9.55 Å². The van der Waals surface area contributed by atoms with Gasteiger partial charge in [-0.2, -0.15) is 0 Å². The molecule has 0 bridgehead atoms. The maximum absolute atomic E-state index is 11.3. The van der Waals surface area contributed by atoms with E-state index in [0.29, 0.717) is 5.02 Å². The number of aryl methyl sites for hydroxylation is 1. The fourth-order valence-electron chi connectivity index (χ4n) is 1.30. The molecule has 0 aliphatic heterocycles. The molecule has 1 aromatic carbocycles. The summed E-state index contributed by atoms with van der Waals surface area (Å²) >= 11 is 5.89. The van der Waals surface area contributed by atoms with Crippen LogP contribution in [-0.4, -0.2) is 9.55 Å². The summed E-state index contributed by atoms with van der Waals surface area (Å²) in [5, 5.41) is 0.706. The number of aromatic nitrogens is 2. The average Bonchev–Trinajstić information content (AvgIpc) is 2.57. The summed E-state index contributed by atoms with van der Waals surface area (Å²) in [4.78, 5) is 13.9. The molecule has 1 N–H and O–H groups in total. The first-order valence-electron chi connectivity index (χ1n) is 4.21. The van der Waals surface area contributed by atoms with Crippen molar-refractivity contribution < 1.29 is 0 Å². The monoisotopic (exact) mass is 208 g/mol. The molecule has 0 saturated heterocycles. The van der Waals surface area contributed by atoms with Gasteiger partial charge in [-0.05, 0) is 30.7 Å². The van der Waals surface area contributed by atoms with Crippen LogP contribution in [-0.2, 0) is 0 Å². The molecule has 0 fully saturated rings. The molecule has 0 spiro atoms. The highest BCUT2D eigenvalue weighted by Gasteiger charge is 2.01. The van der Waals surface area contributed by atoms with Gasteiger partial charge in [-0.25, -0.2) is 4.79 Å². The lowest BCUT2D eigenvalue weighted by Gasteiger charge is -2.03. The smallest absolute Gasteiger partial charge is 0.312 e. The molecular formula is C10H9ClN2O. The number of benzene rings is 1. The summed E-state index contributed by atoms with van der Waals surface area (Å²) < 4.78 is 1.53. The molecule has 0 amide bonds. The predicted molar refractivity (Wildman–Crippen MR) is 56.1 cm³/mol. The minimum absolute atomic E-state index is 0.147. The van der Waals surface area contributed by atoms with E-state index in [0.717, 1.165) is 11.3 Å². The minimum atomic E-state index is -0.147. The Bertz CT molecular complexity index is 513. The Morgan fingerprint density at radius 2 is 2.21 bits per heavy atom. The third-order valence-electron chi connectivity index (χ3n) is 2.07. The van der Waals surface area contributed by atoms with Crippen molar-refractivity contribution in [1.29, 1.82) is 0 Å². The molecule has 1 aromatic heterocycles. The van der Waals surface area contributed by atoms with Crippen molar-refractivity contribution in [3.63, 3.8) is 0 Å². The van der Waals surface area contributed by atoms with Gasteiger partial charge in [-0.3, -0.25) is 4.57 Å². The van der Waals surface area contributed by atoms with Gasteiger partial charge in [0.05, 0.1) is 5.69 Å². The number of imidazole rings is 1. The highest BCUT2D eigenvalue weighted by Crippen LogP contribution is 2.17. The maximum atomic E-state index is 11.3. The quantitative estimate of drug-likeness (QED) is 0.766. The third kappa shape index (κ3) is 1.46. The number of aromatic amines is 1. The number of halogens is 1. The summed E-state index contributed by atoms with van der Waals surface area (Å²) in [6.45, 7) is 1.91. The zero-order chi connectivity index (χ0) is 10.1. The Kier molecular flexibility index (Phi) is 2.17. The van der Waals surface area contributed by atoms with Crippen LogP contribution in [0.15, 0.2) is 35.4 Å². The predicted octanol–water partition coefficient (Wildman–Crippen LogP) is 2.13.